The van der Waals surface area contributed by atoms with Crippen LogP contribution < -0.4 is 4.90 Å². The molecule has 0 N–H and O–H groups in total. The van der Waals surface area contributed by atoms with Crippen LogP contribution in [0.25, 0.3) is 10.4 Å². The molecule has 2 aromatic heterocycles. The van der Waals surface area contributed by atoms with Crippen LogP contribution in [0.2, 0.25) is 4.34 Å². The van der Waals surface area contributed by atoms with Gasteiger partial charge >= 0.3 is 0 Å². The Labute approximate surface area is 163 Å². The second-order valence-corrected chi connectivity index (χ2v) is 7.66. The standard InChI is InChI=1S/C19H21Cl2N3S/c1-6-15(9-23-21)11-24(12(2)3)17-8-16(10-22-14(17)5)18-7-13(4)19(20)25-18/h6-10H,2,11H2,1,3-5H3/b15-6+,23-9-. The van der Waals surface area contributed by atoms with Gasteiger partial charge in [-0.15, -0.1) is 11.3 Å². The highest BCUT2D eigenvalue weighted by atomic mass is 35.5. The normalized spacial score (nSPS) is 12.0. The van der Waals surface area contributed by atoms with Gasteiger partial charge in [-0.1, -0.05) is 24.3 Å². The van der Waals surface area contributed by atoms with Crippen molar-refractivity contribution in [3.8, 4) is 10.4 Å². The van der Waals surface area contributed by atoms with E-state index in [1.54, 1.807) is 17.6 Å². The maximum absolute atomic E-state index is 6.22. The first kappa shape index (κ1) is 19.7. The number of rotatable bonds is 6. The SMILES string of the molecule is C=C(C)N(CC(/C=N\Cl)=C/C)c1cc(-c2cc(C)c(Cl)s2)cnc1C. The van der Waals surface area contributed by atoms with Crippen LogP contribution in [-0.4, -0.2) is 17.7 Å². The van der Waals surface area contributed by atoms with Gasteiger partial charge in [0.1, 0.15) is 0 Å². The van der Waals surface area contributed by atoms with Crippen molar-refractivity contribution in [1.82, 2.24) is 4.98 Å². The Hall–Kier alpha value is -1.62. The predicted molar refractivity (Wildman–Crippen MR) is 112 cm³/mol. The third-order valence-corrected chi connectivity index (χ3v) is 5.58. The minimum Gasteiger partial charge on any atom is -0.340 e. The van der Waals surface area contributed by atoms with Crippen LogP contribution in [0.3, 0.4) is 0 Å². The number of anilines is 1. The number of hydrogen-bond donors (Lipinski definition) is 0. The van der Waals surface area contributed by atoms with E-state index in [1.165, 1.54) is 0 Å². The van der Waals surface area contributed by atoms with Crippen LogP contribution >= 0.6 is 34.7 Å². The van der Waals surface area contributed by atoms with E-state index in [-0.39, 0.29) is 0 Å². The van der Waals surface area contributed by atoms with Crippen LogP contribution in [-0.2, 0) is 0 Å². The van der Waals surface area contributed by atoms with Crippen molar-refractivity contribution in [2.75, 3.05) is 11.4 Å². The predicted octanol–water partition coefficient (Wildman–Crippen LogP) is 6.59. The lowest BCUT2D eigenvalue weighted by Crippen LogP contribution is -2.24. The van der Waals surface area contributed by atoms with E-state index in [0.717, 1.165) is 43.0 Å². The lowest BCUT2D eigenvalue weighted by Gasteiger charge is -2.27. The second-order valence-electron chi connectivity index (χ2n) is 5.81. The summed E-state index contributed by atoms with van der Waals surface area (Å²) in [5.41, 5.74) is 5.98. The van der Waals surface area contributed by atoms with Gasteiger partial charge in [-0.2, -0.15) is 4.51 Å². The summed E-state index contributed by atoms with van der Waals surface area (Å²) in [4.78, 5) is 7.79. The number of thiophene rings is 1. The Morgan fingerprint density at radius 2 is 2.12 bits per heavy atom. The van der Waals surface area contributed by atoms with E-state index in [0.29, 0.717) is 6.54 Å². The highest BCUT2D eigenvalue weighted by Gasteiger charge is 2.15. The Morgan fingerprint density at radius 1 is 1.40 bits per heavy atom. The van der Waals surface area contributed by atoms with E-state index in [4.69, 9.17) is 23.4 Å². The van der Waals surface area contributed by atoms with Gasteiger partial charge in [-0.3, -0.25) is 4.98 Å². The van der Waals surface area contributed by atoms with Gasteiger partial charge in [0.05, 0.1) is 15.7 Å². The molecule has 2 heterocycles. The maximum Gasteiger partial charge on any atom is 0.0963 e. The molecule has 0 aliphatic heterocycles. The van der Waals surface area contributed by atoms with Crippen LogP contribution in [0.1, 0.15) is 25.1 Å². The van der Waals surface area contributed by atoms with Crippen LogP contribution in [0.15, 0.2) is 46.8 Å². The van der Waals surface area contributed by atoms with Crippen molar-refractivity contribution < 1.29 is 0 Å². The summed E-state index contributed by atoms with van der Waals surface area (Å²) in [5, 5.41) is 0. The quantitative estimate of drug-likeness (QED) is 0.517. The summed E-state index contributed by atoms with van der Waals surface area (Å²) in [6.07, 6.45) is 5.51. The fourth-order valence-corrected chi connectivity index (χ4v) is 3.72. The van der Waals surface area contributed by atoms with Crippen molar-refractivity contribution in [2.45, 2.75) is 27.7 Å². The number of hydrogen-bond acceptors (Lipinski definition) is 4. The Balaban J connectivity index is 2.47. The molecule has 0 bridgehead atoms. The molecule has 0 aliphatic carbocycles. The Bertz CT molecular complexity index is 818. The third kappa shape index (κ3) is 4.72. The molecule has 3 nitrogen and oxygen atoms in total. The summed E-state index contributed by atoms with van der Waals surface area (Å²) in [6, 6.07) is 4.22. The zero-order chi connectivity index (χ0) is 18.6. The largest absolute Gasteiger partial charge is 0.340 e. The first-order chi connectivity index (χ1) is 11.9. The lowest BCUT2D eigenvalue weighted by atomic mass is 10.1. The van der Waals surface area contributed by atoms with Gasteiger partial charge in [-0.05, 0) is 51.0 Å². The van der Waals surface area contributed by atoms with Gasteiger partial charge in [0.25, 0.3) is 0 Å². The van der Waals surface area contributed by atoms with E-state index in [9.17, 15) is 0 Å². The summed E-state index contributed by atoms with van der Waals surface area (Å²) in [6.45, 7) is 12.7. The average Bonchev–Trinajstić information content (AvgIpc) is 2.91. The van der Waals surface area contributed by atoms with E-state index in [1.807, 2.05) is 40.0 Å². The third-order valence-electron chi connectivity index (χ3n) is 3.88. The number of aromatic nitrogens is 1. The minimum absolute atomic E-state index is 0.623. The molecule has 0 unspecified atom stereocenters. The molecule has 132 valence electrons. The van der Waals surface area contributed by atoms with Gasteiger partial charge in [0.2, 0.25) is 0 Å². The molecular weight excluding hydrogens is 373 g/mol. The molecule has 6 heteroatoms. The first-order valence-corrected chi connectivity index (χ1v) is 9.36. The van der Waals surface area contributed by atoms with Gasteiger partial charge in [0.15, 0.2) is 0 Å². The van der Waals surface area contributed by atoms with Gasteiger partial charge in [0, 0.05) is 46.9 Å². The molecule has 0 aromatic carbocycles. The van der Waals surface area contributed by atoms with Crippen molar-refractivity contribution in [3.63, 3.8) is 0 Å². The Kier molecular flexibility index (Phi) is 6.82. The summed E-state index contributed by atoms with van der Waals surface area (Å²) < 4.78 is 4.42. The van der Waals surface area contributed by atoms with Gasteiger partial charge in [-0.25, -0.2) is 0 Å². The molecule has 0 spiro atoms. The van der Waals surface area contributed by atoms with E-state index < -0.39 is 0 Å². The molecule has 25 heavy (non-hydrogen) atoms. The highest BCUT2D eigenvalue weighted by Crippen LogP contribution is 2.36. The molecule has 0 amide bonds. The number of nitrogens with zero attached hydrogens (tertiary/aromatic N) is 3. The fraction of sp³-hybridized carbons (Fsp3) is 0.263. The summed E-state index contributed by atoms with van der Waals surface area (Å²) in [7, 11) is 0. The van der Waals surface area contributed by atoms with Crippen LogP contribution in [0, 0.1) is 13.8 Å². The average molecular weight is 394 g/mol. The van der Waals surface area contributed by atoms with Crippen LogP contribution in [0.4, 0.5) is 5.69 Å². The molecule has 0 atom stereocenters. The maximum atomic E-state index is 6.22. The number of allylic oxidation sites excluding steroid dienone is 2. The zero-order valence-electron chi connectivity index (χ0n) is 14.8. The molecule has 0 radical (unpaired) electrons. The summed E-state index contributed by atoms with van der Waals surface area (Å²) in [5.74, 6) is 0. The second kappa shape index (κ2) is 8.65. The molecule has 0 saturated heterocycles. The smallest absolute Gasteiger partial charge is 0.0963 e. The van der Waals surface area contributed by atoms with E-state index in [2.05, 4.69) is 33.1 Å². The van der Waals surface area contributed by atoms with Crippen molar-refractivity contribution >= 4 is 46.6 Å². The number of aryl methyl sites for hydroxylation is 2. The first-order valence-electron chi connectivity index (χ1n) is 7.82. The molecule has 2 rings (SSSR count). The highest BCUT2D eigenvalue weighted by molar-refractivity contribution is 7.19. The molecule has 0 aliphatic rings. The van der Waals surface area contributed by atoms with Gasteiger partial charge < -0.3 is 4.90 Å². The van der Waals surface area contributed by atoms with Crippen molar-refractivity contribution in [1.29, 1.82) is 0 Å². The monoisotopic (exact) mass is 393 g/mol. The molecular formula is C19H21Cl2N3S. The zero-order valence-corrected chi connectivity index (χ0v) is 17.1. The minimum atomic E-state index is 0.623. The lowest BCUT2D eigenvalue weighted by molar-refractivity contribution is 0.975. The van der Waals surface area contributed by atoms with E-state index >= 15 is 0 Å². The fourth-order valence-electron chi connectivity index (χ4n) is 2.41. The number of pyridine rings is 1. The van der Waals surface area contributed by atoms with Crippen LogP contribution in [0.5, 0.6) is 0 Å². The van der Waals surface area contributed by atoms with Crippen molar-refractivity contribution in [2.24, 2.45) is 4.51 Å². The molecule has 2 aromatic rings. The molecule has 0 fully saturated rings. The molecule has 0 saturated carbocycles. The summed E-state index contributed by atoms with van der Waals surface area (Å²) >= 11 is 13.3. The van der Waals surface area contributed by atoms with Crippen molar-refractivity contribution in [3.05, 3.63) is 57.8 Å². The Morgan fingerprint density at radius 3 is 2.64 bits per heavy atom. The topological polar surface area (TPSA) is 28.5 Å². The number of halogens is 2.